The molecule has 170 valence electrons. The van der Waals surface area contributed by atoms with E-state index in [0.29, 0.717) is 11.4 Å². The summed E-state index contributed by atoms with van der Waals surface area (Å²) in [4.78, 5) is 17.0. The molecule has 0 aliphatic rings. The number of nitrogens with one attached hydrogen (secondary N) is 1. The lowest BCUT2D eigenvalue weighted by Crippen LogP contribution is -2.07. The molecule has 0 unspecified atom stereocenters. The molecule has 0 radical (unpaired) electrons. The zero-order chi connectivity index (χ0) is 23.6. The van der Waals surface area contributed by atoms with Gasteiger partial charge in [-0.15, -0.1) is 0 Å². The Bertz CT molecular complexity index is 1290. The molecule has 33 heavy (non-hydrogen) atoms. The van der Waals surface area contributed by atoms with Crippen molar-refractivity contribution >= 4 is 22.5 Å². The first-order chi connectivity index (χ1) is 15.8. The third-order valence-corrected chi connectivity index (χ3v) is 5.16. The summed E-state index contributed by atoms with van der Waals surface area (Å²) in [5, 5.41) is 3.85. The van der Waals surface area contributed by atoms with Crippen LogP contribution in [0.2, 0.25) is 0 Å². The fourth-order valence-electron chi connectivity index (χ4n) is 3.54. The number of halogens is 3. The highest BCUT2D eigenvalue weighted by atomic mass is 19.4. The molecule has 3 heterocycles. The first-order valence-corrected chi connectivity index (χ1v) is 10.4. The summed E-state index contributed by atoms with van der Waals surface area (Å²) in [7, 11) is 1.60. The van der Waals surface area contributed by atoms with Gasteiger partial charge in [0, 0.05) is 29.0 Å². The van der Waals surface area contributed by atoms with Crippen LogP contribution in [-0.4, -0.2) is 27.0 Å². The van der Waals surface area contributed by atoms with Gasteiger partial charge in [-0.1, -0.05) is 25.5 Å². The molecule has 0 fully saturated rings. The number of ether oxygens (including phenoxy) is 1. The lowest BCUT2D eigenvalue weighted by molar-refractivity contribution is -0.138. The lowest BCUT2D eigenvalue weighted by Gasteiger charge is -2.13. The average Bonchev–Trinajstić information content (AvgIpc) is 2.78. The van der Waals surface area contributed by atoms with Crippen molar-refractivity contribution in [3.63, 3.8) is 0 Å². The van der Waals surface area contributed by atoms with Crippen LogP contribution in [0.4, 0.5) is 24.8 Å². The van der Waals surface area contributed by atoms with Crippen molar-refractivity contribution in [2.24, 2.45) is 0 Å². The Labute approximate surface area is 188 Å². The van der Waals surface area contributed by atoms with Gasteiger partial charge in [0.2, 0.25) is 5.95 Å². The van der Waals surface area contributed by atoms with Crippen LogP contribution in [0.3, 0.4) is 0 Å². The summed E-state index contributed by atoms with van der Waals surface area (Å²) >= 11 is 0. The molecule has 1 aromatic carbocycles. The first kappa shape index (κ1) is 22.4. The fourth-order valence-corrected chi connectivity index (χ4v) is 3.54. The van der Waals surface area contributed by atoms with Crippen LogP contribution in [0.5, 0.6) is 5.75 Å². The van der Waals surface area contributed by atoms with E-state index in [9.17, 15) is 13.2 Å². The molecule has 1 N–H and O–H groups in total. The molecular weight excluding hydrogens is 431 g/mol. The van der Waals surface area contributed by atoms with Crippen LogP contribution in [0.15, 0.2) is 48.9 Å². The predicted octanol–water partition coefficient (Wildman–Crippen LogP) is 6.12. The average molecular weight is 453 g/mol. The Morgan fingerprint density at radius 3 is 2.39 bits per heavy atom. The number of rotatable bonds is 6. The second-order valence-corrected chi connectivity index (χ2v) is 7.60. The fraction of sp³-hybridized carbons (Fsp3) is 0.250. The minimum Gasteiger partial charge on any atom is -0.495 e. The molecule has 4 aromatic rings. The summed E-state index contributed by atoms with van der Waals surface area (Å²) in [6.07, 6.45) is 0.364. The first-order valence-electron chi connectivity index (χ1n) is 10.4. The van der Waals surface area contributed by atoms with E-state index in [4.69, 9.17) is 9.72 Å². The van der Waals surface area contributed by atoms with Gasteiger partial charge in [-0.25, -0.2) is 9.97 Å². The Balaban J connectivity index is 1.75. The second-order valence-electron chi connectivity index (χ2n) is 7.60. The molecule has 3 aromatic heterocycles. The molecule has 4 rings (SSSR count). The van der Waals surface area contributed by atoms with Gasteiger partial charge >= 0.3 is 6.18 Å². The van der Waals surface area contributed by atoms with Gasteiger partial charge in [0.05, 0.1) is 35.8 Å². The summed E-state index contributed by atoms with van der Waals surface area (Å²) in [5.74, 6) is 0.762. The molecule has 0 saturated heterocycles. The number of methoxy groups -OCH3 is 1. The topological polar surface area (TPSA) is 72.8 Å². The van der Waals surface area contributed by atoms with E-state index >= 15 is 0 Å². The molecule has 0 aliphatic heterocycles. The van der Waals surface area contributed by atoms with E-state index in [1.54, 1.807) is 13.3 Å². The van der Waals surface area contributed by atoms with Crippen molar-refractivity contribution in [1.82, 2.24) is 19.9 Å². The van der Waals surface area contributed by atoms with E-state index in [2.05, 4.69) is 27.2 Å². The largest absolute Gasteiger partial charge is 0.495 e. The summed E-state index contributed by atoms with van der Waals surface area (Å²) < 4.78 is 43.7. The van der Waals surface area contributed by atoms with Gasteiger partial charge in [0.25, 0.3) is 0 Å². The maximum Gasteiger partial charge on any atom is 0.419 e. The number of benzene rings is 1. The Morgan fingerprint density at radius 1 is 1.00 bits per heavy atom. The number of pyridine rings is 2. The van der Waals surface area contributed by atoms with E-state index in [1.807, 2.05) is 37.3 Å². The van der Waals surface area contributed by atoms with Crippen LogP contribution >= 0.6 is 0 Å². The summed E-state index contributed by atoms with van der Waals surface area (Å²) in [5.41, 5.74) is 4.07. The van der Waals surface area contributed by atoms with Crippen LogP contribution in [0, 0.1) is 6.92 Å². The number of aryl methyl sites for hydroxylation is 2. The molecular formula is C24H22F3N5O. The van der Waals surface area contributed by atoms with Gasteiger partial charge in [0.15, 0.2) is 0 Å². The Morgan fingerprint density at radius 2 is 1.76 bits per heavy atom. The highest BCUT2D eigenvalue weighted by Gasteiger charge is 2.31. The predicted molar refractivity (Wildman–Crippen MR) is 121 cm³/mol. The van der Waals surface area contributed by atoms with Gasteiger partial charge in [0.1, 0.15) is 5.75 Å². The van der Waals surface area contributed by atoms with Gasteiger partial charge in [-0.05, 0) is 37.1 Å². The maximum absolute atomic E-state index is 12.8. The molecule has 9 heteroatoms. The summed E-state index contributed by atoms with van der Waals surface area (Å²) in [6.45, 7) is 4.02. The van der Waals surface area contributed by atoms with Crippen LogP contribution in [0.25, 0.3) is 22.2 Å². The Hall–Kier alpha value is -3.75. The molecule has 0 aliphatic carbocycles. The van der Waals surface area contributed by atoms with Gasteiger partial charge in [-0.2, -0.15) is 13.2 Å². The highest BCUT2D eigenvalue weighted by Crippen LogP contribution is 2.32. The number of anilines is 2. The number of hydrogen-bond donors (Lipinski definition) is 1. The molecule has 0 spiro atoms. The van der Waals surface area contributed by atoms with E-state index in [-0.39, 0.29) is 5.95 Å². The van der Waals surface area contributed by atoms with Crippen LogP contribution in [-0.2, 0) is 12.6 Å². The minimum atomic E-state index is -4.49. The quantitative estimate of drug-likeness (QED) is 0.379. The number of hydrogen-bond acceptors (Lipinski definition) is 6. The number of nitrogens with zero attached hydrogens (tertiary/aromatic N) is 4. The van der Waals surface area contributed by atoms with Crippen LogP contribution in [0.1, 0.15) is 30.2 Å². The second kappa shape index (κ2) is 9.01. The molecule has 0 atom stereocenters. The van der Waals surface area contributed by atoms with Gasteiger partial charge in [-0.3, -0.25) is 9.97 Å². The van der Waals surface area contributed by atoms with E-state index in [1.165, 1.54) is 0 Å². The minimum absolute atomic E-state index is 0.0784. The smallest absolute Gasteiger partial charge is 0.419 e. The molecule has 6 nitrogen and oxygen atoms in total. The standard InChI is InChI=1S/C24H22F3N5O/c1-4-5-17-10-21(32-23-29-11-16(12-30-23)24(25,26)27)19-7-6-15(9-20(19)31-17)22-14(2)8-18(33-3)13-28-22/h6-13H,4-5H2,1-3H3,(H,29,30,31,32). The SMILES string of the molecule is CCCc1cc(Nc2ncc(C(F)(F)F)cn2)c2ccc(-c3ncc(OC)cc3C)cc2n1. The van der Waals surface area contributed by atoms with Crippen LogP contribution < -0.4 is 10.1 Å². The molecule has 0 saturated carbocycles. The Kier molecular flexibility index (Phi) is 6.13. The number of alkyl halides is 3. The normalized spacial score (nSPS) is 11.6. The van der Waals surface area contributed by atoms with Crippen molar-refractivity contribution in [2.45, 2.75) is 32.9 Å². The maximum atomic E-state index is 12.8. The van der Waals surface area contributed by atoms with Crippen molar-refractivity contribution in [3.05, 3.63) is 65.7 Å². The zero-order valence-corrected chi connectivity index (χ0v) is 18.4. The molecule has 0 bridgehead atoms. The van der Waals surface area contributed by atoms with Crippen molar-refractivity contribution < 1.29 is 17.9 Å². The van der Waals surface area contributed by atoms with Crippen molar-refractivity contribution in [1.29, 1.82) is 0 Å². The van der Waals surface area contributed by atoms with E-state index in [0.717, 1.165) is 58.7 Å². The number of aromatic nitrogens is 4. The number of fused-ring (bicyclic) bond motifs is 1. The molecule has 0 amide bonds. The summed E-state index contributed by atoms with van der Waals surface area (Å²) in [6, 6.07) is 9.59. The van der Waals surface area contributed by atoms with Crippen molar-refractivity contribution in [2.75, 3.05) is 12.4 Å². The van der Waals surface area contributed by atoms with Crippen molar-refractivity contribution in [3.8, 4) is 17.0 Å². The third-order valence-electron chi connectivity index (χ3n) is 5.16. The zero-order valence-electron chi connectivity index (χ0n) is 18.4. The highest BCUT2D eigenvalue weighted by molar-refractivity contribution is 5.95. The van der Waals surface area contributed by atoms with Gasteiger partial charge < -0.3 is 10.1 Å². The van der Waals surface area contributed by atoms with E-state index < -0.39 is 11.7 Å². The third kappa shape index (κ3) is 4.87. The monoisotopic (exact) mass is 453 g/mol. The lowest BCUT2D eigenvalue weighted by atomic mass is 10.0.